The molecule has 0 fully saturated rings. The van der Waals surface area contributed by atoms with Crippen LogP contribution in [-0.4, -0.2) is 16.7 Å². The van der Waals surface area contributed by atoms with E-state index in [1.165, 1.54) is 0 Å². The second-order valence-corrected chi connectivity index (χ2v) is 4.18. The minimum Gasteiger partial charge on any atom is -0.404 e. The van der Waals surface area contributed by atoms with Crippen LogP contribution in [0.25, 0.3) is 6.08 Å². The molecule has 3 nitrogen and oxygen atoms in total. The number of cyclic esters (lactones) is 1. The third-order valence-corrected chi connectivity index (χ3v) is 2.30. The van der Waals surface area contributed by atoms with Gasteiger partial charge >= 0.3 is 5.97 Å². The molecule has 0 aliphatic carbocycles. The Morgan fingerprint density at radius 3 is 2.50 bits per heavy atom. The molecule has 0 radical (unpaired) electrons. The van der Waals surface area contributed by atoms with Crippen LogP contribution in [0.2, 0.25) is 0 Å². The number of esters is 1. The van der Waals surface area contributed by atoms with Gasteiger partial charge in [0.2, 0.25) is 5.90 Å². The van der Waals surface area contributed by atoms with Crippen LogP contribution in [0.5, 0.6) is 0 Å². The van der Waals surface area contributed by atoms with Crippen LogP contribution in [0.3, 0.4) is 0 Å². The standard InChI is InChI=1S/C11H7Cl2NO2/c12-9(13)10-14-8(11(15)16-10)6-7-4-2-1-3-5-7/h1-6,9H. The van der Waals surface area contributed by atoms with E-state index in [1.54, 1.807) is 6.08 Å². The Kier molecular flexibility index (Phi) is 3.27. The van der Waals surface area contributed by atoms with Crippen molar-refractivity contribution in [3.8, 4) is 0 Å². The van der Waals surface area contributed by atoms with Gasteiger partial charge in [-0.15, -0.1) is 0 Å². The third-order valence-electron chi connectivity index (χ3n) is 1.93. The maximum absolute atomic E-state index is 11.4. The Morgan fingerprint density at radius 1 is 1.25 bits per heavy atom. The van der Waals surface area contributed by atoms with Crippen molar-refractivity contribution < 1.29 is 9.53 Å². The van der Waals surface area contributed by atoms with Gasteiger partial charge in [0.1, 0.15) is 0 Å². The molecular formula is C11H7Cl2NO2. The van der Waals surface area contributed by atoms with Gasteiger partial charge in [0.25, 0.3) is 0 Å². The predicted octanol–water partition coefficient (Wildman–Crippen LogP) is 2.79. The second-order valence-electron chi connectivity index (χ2n) is 3.08. The van der Waals surface area contributed by atoms with Crippen molar-refractivity contribution >= 4 is 41.1 Å². The van der Waals surface area contributed by atoms with Gasteiger partial charge in [-0.05, 0) is 11.6 Å². The average molecular weight is 256 g/mol. The van der Waals surface area contributed by atoms with Crippen LogP contribution >= 0.6 is 23.2 Å². The van der Waals surface area contributed by atoms with E-state index in [0.29, 0.717) is 0 Å². The Labute approximate surface area is 102 Å². The lowest BCUT2D eigenvalue weighted by Gasteiger charge is -1.95. The first-order chi connectivity index (χ1) is 7.66. The first-order valence-electron chi connectivity index (χ1n) is 4.52. The number of aliphatic imine (C=N–C) groups is 1. The highest BCUT2D eigenvalue weighted by atomic mass is 35.5. The summed E-state index contributed by atoms with van der Waals surface area (Å²) in [5, 5.41) is 0. The Morgan fingerprint density at radius 2 is 1.94 bits per heavy atom. The Balaban J connectivity index is 2.29. The number of alkyl halides is 2. The van der Waals surface area contributed by atoms with Crippen LogP contribution in [0.15, 0.2) is 41.0 Å². The summed E-state index contributed by atoms with van der Waals surface area (Å²) in [6.45, 7) is 0. The molecule has 82 valence electrons. The number of carbonyl (C=O) groups is 1. The minimum atomic E-state index is -0.925. The molecule has 5 heteroatoms. The van der Waals surface area contributed by atoms with E-state index >= 15 is 0 Å². The number of rotatable bonds is 2. The highest BCUT2D eigenvalue weighted by Crippen LogP contribution is 2.19. The van der Waals surface area contributed by atoms with Crippen LogP contribution in [0, 0.1) is 0 Å². The van der Waals surface area contributed by atoms with Crippen molar-refractivity contribution in [1.29, 1.82) is 0 Å². The zero-order valence-electron chi connectivity index (χ0n) is 8.06. The van der Waals surface area contributed by atoms with E-state index in [1.807, 2.05) is 30.3 Å². The van der Waals surface area contributed by atoms with E-state index in [4.69, 9.17) is 27.9 Å². The summed E-state index contributed by atoms with van der Waals surface area (Å²) in [5.74, 6) is -0.513. The summed E-state index contributed by atoms with van der Waals surface area (Å²) >= 11 is 11.1. The normalized spacial score (nSPS) is 17.8. The number of hydrogen-bond acceptors (Lipinski definition) is 3. The molecule has 0 aromatic heterocycles. The number of halogens is 2. The zero-order valence-corrected chi connectivity index (χ0v) is 9.57. The number of nitrogens with zero attached hydrogens (tertiary/aromatic N) is 1. The highest BCUT2D eigenvalue weighted by molar-refractivity contribution is 6.54. The van der Waals surface area contributed by atoms with Crippen LogP contribution in [-0.2, 0) is 9.53 Å². The lowest BCUT2D eigenvalue weighted by molar-refractivity contribution is -0.130. The van der Waals surface area contributed by atoms with E-state index in [9.17, 15) is 4.79 Å². The molecule has 2 rings (SSSR count). The smallest absolute Gasteiger partial charge is 0.363 e. The molecule has 0 saturated carbocycles. The zero-order chi connectivity index (χ0) is 11.5. The van der Waals surface area contributed by atoms with Crippen LogP contribution < -0.4 is 0 Å². The van der Waals surface area contributed by atoms with Gasteiger partial charge in [0.15, 0.2) is 10.5 Å². The average Bonchev–Trinajstić information content (AvgIpc) is 2.62. The summed E-state index contributed by atoms with van der Waals surface area (Å²) in [7, 11) is 0. The Bertz CT molecular complexity index is 466. The van der Waals surface area contributed by atoms with Crippen molar-refractivity contribution in [1.82, 2.24) is 0 Å². The summed E-state index contributed by atoms with van der Waals surface area (Å²) < 4.78 is 4.79. The van der Waals surface area contributed by atoms with E-state index < -0.39 is 10.8 Å². The molecular weight excluding hydrogens is 249 g/mol. The SMILES string of the molecule is O=C1OC(C(Cl)Cl)=NC1=Cc1ccccc1. The molecule has 1 aromatic rings. The largest absolute Gasteiger partial charge is 0.404 e. The lowest BCUT2D eigenvalue weighted by Crippen LogP contribution is -2.10. The number of benzene rings is 1. The summed E-state index contributed by atoms with van der Waals surface area (Å²) in [4.78, 5) is 14.4. The second kappa shape index (κ2) is 4.68. The summed E-state index contributed by atoms with van der Waals surface area (Å²) in [6.07, 6.45) is 1.62. The van der Waals surface area contributed by atoms with Gasteiger partial charge in [-0.1, -0.05) is 53.5 Å². The Hall–Kier alpha value is -1.32. The molecule has 0 N–H and O–H groups in total. The molecule has 0 atom stereocenters. The van der Waals surface area contributed by atoms with Gasteiger partial charge in [-0.25, -0.2) is 9.79 Å². The number of ether oxygens (including phenoxy) is 1. The van der Waals surface area contributed by atoms with Crippen molar-refractivity contribution in [3.63, 3.8) is 0 Å². The topological polar surface area (TPSA) is 38.7 Å². The fraction of sp³-hybridized carbons (Fsp3) is 0.0909. The number of carbonyl (C=O) groups excluding carboxylic acids is 1. The third kappa shape index (κ3) is 2.43. The molecule has 0 spiro atoms. The molecule has 0 unspecified atom stereocenters. The van der Waals surface area contributed by atoms with Gasteiger partial charge < -0.3 is 4.74 Å². The molecule has 0 bridgehead atoms. The van der Waals surface area contributed by atoms with Crippen molar-refractivity contribution in [3.05, 3.63) is 41.6 Å². The van der Waals surface area contributed by atoms with E-state index in [-0.39, 0.29) is 11.6 Å². The summed E-state index contributed by atoms with van der Waals surface area (Å²) in [5.41, 5.74) is 1.06. The maximum atomic E-state index is 11.4. The molecule has 16 heavy (non-hydrogen) atoms. The summed E-state index contributed by atoms with van der Waals surface area (Å²) in [6, 6.07) is 9.32. The monoisotopic (exact) mass is 255 g/mol. The minimum absolute atomic E-state index is 0.0236. The fourth-order valence-electron chi connectivity index (χ4n) is 1.23. The van der Waals surface area contributed by atoms with Gasteiger partial charge in [-0.3, -0.25) is 0 Å². The highest BCUT2D eigenvalue weighted by Gasteiger charge is 2.26. The van der Waals surface area contributed by atoms with Crippen molar-refractivity contribution in [2.75, 3.05) is 0 Å². The van der Waals surface area contributed by atoms with E-state index in [0.717, 1.165) is 5.56 Å². The quantitative estimate of drug-likeness (QED) is 0.463. The van der Waals surface area contributed by atoms with Gasteiger partial charge in [-0.2, -0.15) is 0 Å². The number of hydrogen-bond donors (Lipinski definition) is 0. The first-order valence-corrected chi connectivity index (χ1v) is 5.40. The van der Waals surface area contributed by atoms with Gasteiger partial charge in [0.05, 0.1) is 0 Å². The molecule has 1 aliphatic heterocycles. The maximum Gasteiger partial charge on any atom is 0.363 e. The van der Waals surface area contributed by atoms with Crippen molar-refractivity contribution in [2.45, 2.75) is 4.84 Å². The molecule has 1 aromatic carbocycles. The van der Waals surface area contributed by atoms with Crippen molar-refractivity contribution in [2.24, 2.45) is 4.99 Å². The molecule has 1 heterocycles. The van der Waals surface area contributed by atoms with Crippen LogP contribution in [0.1, 0.15) is 5.56 Å². The lowest BCUT2D eigenvalue weighted by atomic mass is 10.2. The van der Waals surface area contributed by atoms with Crippen LogP contribution in [0.4, 0.5) is 0 Å². The fourth-order valence-corrected chi connectivity index (χ4v) is 1.41. The predicted molar refractivity (Wildman–Crippen MR) is 63.4 cm³/mol. The molecule has 0 saturated heterocycles. The molecule has 0 amide bonds. The van der Waals surface area contributed by atoms with E-state index in [2.05, 4.69) is 4.99 Å². The van der Waals surface area contributed by atoms with Gasteiger partial charge in [0, 0.05) is 0 Å². The first kappa shape index (κ1) is 11.2. The molecule has 1 aliphatic rings.